The van der Waals surface area contributed by atoms with Crippen LogP contribution in [0.15, 0.2) is 67.6 Å². The highest BCUT2D eigenvalue weighted by Gasteiger charge is 2.20. The van der Waals surface area contributed by atoms with Gasteiger partial charge in [-0.25, -0.2) is 14.8 Å². The lowest BCUT2D eigenvalue weighted by Crippen LogP contribution is -2.48. The highest BCUT2D eigenvalue weighted by atomic mass is 16.2. The fourth-order valence-corrected chi connectivity index (χ4v) is 4.90. The fraction of sp³-hybridized carbons (Fsp3) is 0.179. The van der Waals surface area contributed by atoms with Crippen LogP contribution in [0.2, 0.25) is 0 Å². The van der Waals surface area contributed by atoms with Crippen LogP contribution in [-0.4, -0.2) is 89.2 Å². The van der Waals surface area contributed by atoms with Crippen molar-refractivity contribution >= 4 is 33.8 Å². The molecule has 0 atom stereocenters. The Morgan fingerprint density at radius 1 is 0.925 bits per heavy atom. The number of amides is 2. The zero-order chi connectivity index (χ0) is 27.1. The zero-order valence-corrected chi connectivity index (χ0v) is 21.7. The summed E-state index contributed by atoms with van der Waals surface area (Å²) in [6, 6.07) is 7.64. The molecule has 0 saturated carbocycles. The van der Waals surface area contributed by atoms with Crippen molar-refractivity contribution < 1.29 is 4.79 Å². The number of anilines is 1. The molecule has 0 bridgehead atoms. The molecule has 7 rings (SSSR count). The number of urea groups is 1. The van der Waals surface area contributed by atoms with Crippen molar-refractivity contribution in [3.8, 4) is 33.8 Å². The molecule has 12 nitrogen and oxygen atoms in total. The molecule has 0 spiro atoms. The monoisotopic (exact) mass is 531 g/mol. The van der Waals surface area contributed by atoms with Crippen molar-refractivity contribution in [3.05, 3.63) is 67.6 Å². The number of hydrogen-bond acceptors (Lipinski definition) is 8. The summed E-state index contributed by atoms with van der Waals surface area (Å²) in [7, 11) is 2.06. The molecule has 0 aliphatic carbocycles. The second-order valence-electron chi connectivity index (χ2n) is 9.79. The Kier molecular flexibility index (Phi) is 5.86. The molecule has 1 aliphatic heterocycles. The van der Waals surface area contributed by atoms with E-state index in [9.17, 15) is 4.79 Å². The van der Waals surface area contributed by atoms with Gasteiger partial charge in [0.15, 0.2) is 11.5 Å². The van der Waals surface area contributed by atoms with Crippen LogP contribution in [0.3, 0.4) is 0 Å². The second-order valence-corrected chi connectivity index (χ2v) is 9.79. The molecular formula is C28H25N11O. The number of fused-ring (bicyclic) bond motifs is 2. The first kappa shape index (κ1) is 23.9. The van der Waals surface area contributed by atoms with Gasteiger partial charge in [0.05, 0.1) is 29.0 Å². The molecule has 0 aromatic carbocycles. The topological polar surface area (TPSA) is 144 Å². The van der Waals surface area contributed by atoms with Gasteiger partial charge in [0.25, 0.3) is 0 Å². The maximum Gasteiger partial charge on any atom is 0.321 e. The van der Waals surface area contributed by atoms with Crippen LogP contribution in [0.1, 0.15) is 0 Å². The maximum absolute atomic E-state index is 12.8. The maximum atomic E-state index is 12.8. The average molecular weight is 532 g/mol. The number of H-pyrrole nitrogens is 2. The van der Waals surface area contributed by atoms with Crippen LogP contribution >= 0.6 is 0 Å². The summed E-state index contributed by atoms with van der Waals surface area (Å²) < 4.78 is 0. The third kappa shape index (κ3) is 4.39. The molecule has 7 heterocycles. The van der Waals surface area contributed by atoms with Crippen molar-refractivity contribution in [1.82, 2.24) is 49.9 Å². The molecule has 0 unspecified atom stereocenters. The highest BCUT2D eigenvalue weighted by molar-refractivity contribution is 5.97. The third-order valence-electron chi connectivity index (χ3n) is 7.12. The van der Waals surface area contributed by atoms with Gasteiger partial charge in [0.2, 0.25) is 0 Å². The molecule has 0 radical (unpaired) electrons. The second kappa shape index (κ2) is 9.82. The predicted molar refractivity (Wildman–Crippen MR) is 151 cm³/mol. The number of aromatic amines is 2. The Labute approximate surface area is 228 Å². The Bertz CT molecular complexity index is 1840. The number of hydrogen-bond donors (Lipinski definition) is 3. The fourth-order valence-electron chi connectivity index (χ4n) is 4.90. The minimum Gasteiger partial charge on any atom is -0.335 e. The van der Waals surface area contributed by atoms with Crippen molar-refractivity contribution in [2.24, 2.45) is 0 Å². The SMILES string of the molecule is CN1CCN(C(=O)Nc2cncc(-c3cnc4[nH]nc(-c5nc6c(-c7cccnc7)cncc6[nH]5)c4c3)c2)CC1. The lowest BCUT2D eigenvalue weighted by molar-refractivity contribution is 0.164. The van der Waals surface area contributed by atoms with E-state index < -0.39 is 0 Å². The van der Waals surface area contributed by atoms with E-state index in [0.717, 1.165) is 51.8 Å². The van der Waals surface area contributed by atoms with E-state index in [1.807, 2.05) is 29.2 Å². The van der Waals surface area contributed by atoms with Crippen molar-refractivity contribution in [1.29, 1.82) is 0 Å². The minimum atomic E-state index is -0.122. The van der Waals surface area contributed by atoms with E-state index in [1.165, 1.54) is 0 Å². The van der Waals surface area contributed by atoms with Crippen LogP contribution in [0.4, 0.5) is 10.5 Å². The summed E-state index contributed by atoms with van der Waals surface area (Å²) in [5.74, 6) is 0.602. The third-order valence-corrected chi connectivity index (χ3v) is 7.12. The molecule has 1 fully saturated rings. The molecule has 6 aromatic heterocycles. The van der Waals surface area contributed by atoms with Gasteiger partial charge in [-0.3, -0.25) is 20.1 Å². The normalized spacial score (nSPS) is 14.2. The number of likely N-dealkylation sites (N-methyl/N-ethyl adjacent to an activating group) is 1. The smallest absolute Gasteiger partial charge is 0.321 e. The summed E-state index contributed by atoms with van der Waals surface area (Å²) in [4.78, 5) is 42.6. The Hall–Kier alpha value is -5.23. The Balaban J connectivity index is 1.20. The van der Waals surface area contributed by atoms with E-state index in [0.29, 0.717) is 35.9 Å². The summed E-state index contributed by atoms with van der Waals surface area (Å²) in [5, 5.41) is 11.3. The summed E-state index contributed by atoms with van der Waals surface area (Å²) in [6.45, 7) is 3.11. The van der Waals surface area contributed by atoms with Gasteiger partial charge in [0.1, 0.15) is 11.2 Å². The molecule has 12 heteroatoms. The van der Waals surface area contributed by atoms with Crippen molar-refractivity contribution in [3.63, 3.8) is 0 Å². The lowest BCUT2D eigenvalue weighted by Gasteiger charge is -2.32. The number of pyridine rings is 4. The largest absolute Gasteiger partial charge is 0.335 e. The van der Waals surface area contributed by atoms with Crippen LogP contribution < -0.4 is 5.32 Å². The molecular weight excluding hydrogens is 506 g/mol. The van der Waals surface area contributed by atoms with Gasteiger partial charge >= 0.3 is 6.03 Å². The number of aromatic nitrogens is 8. The standard InChI is InChI=1S/C28H25N11O/c1-38-5-7-39(8-6-38)28(40)33-20-9-18(12-30-14-20)19-10-21-25(36-37-26(21)32-13-19)27-34-23-16-31-15-22(24(23)35-27)17-3-2-4-29-11-17/h2-4,9-16H,5-8H2,1H3,(H,33,40)(H,34,35)(H,32,36,37). The van der Waals surface area contributed by atoms with Gasteiger partial charge in [0, 0.05) is 79.4 Å². The van der Waals surface area contributed by atoms with E-state index in [2.05, 4.69) is 52.4 Å². The summed E-state index contributed by atoms with van der Waals surface area (Å²) in [6.07, 6.45) is 12.2. The van der Waals surface area contributed by atoms with E-state index in [-0.39, 0.29) is 6.03 Å². The van der Waals surface area contributed by atoms with E-state index in [4.69, 9.17) is 4.98 Å². The average Bonchev–Trinajstić information content (AvgIpc) is 3.62. The molecule has 6 aromatic rings. The van der Waals surface area contributed by atoms with Gasteiger partial charge in [-0.05, 0) is 25.2 Å². The number of rotatable bonds is 4. The van der Waals surface area contributed by atoms with Crippen LogP contribution in [0.25, 0.3) is 55.8 Å². The number of nitrogens with one attached hydrogen (secondary N) is 3. The summed E-state index contributed by atoms with van der Waals surface area (Å²) in [5.41, 5.74) is 6.97. The Morgan fingerprint density at radius 3 is 2.60 bits per heavy atom. The molecule has 1 saturated heterocycles. The number of imidazole rings is 1. The Morgan fingerprint density at radius 2 is 1.75 bits per heavy atom. The number of carbonyl (C=O) groups is 1. The minimum absolute atomic E-state index is 0.122. The van der Waals surface area contributed by atoms with E-state index in [1.54, 1.807) is 43.4 Å². The van der Waals surface area contributed by atoms with Gasteiger partial charge in [-0.2, -0.15) is 5.10 Å². The molecule has 2 amide bonds. The number of piperazine rings is 1. The molecule has 1 aliphatic rings. The van der Waals surface area contributed by atoms with E-state index >= 15 is 0 Å². The van der Waals surface area contributed by atoms with Gasteiger partial charge < -0.3 is 20.1 Å². The van der Waals surface area contributed by atoms with Crippen LogP contribution in [0.5, 0.6) is 0 Å². The first-order valence-corrected chi connectivity index (χ1v) is 12.9. The number of carbonyl (C=O) groups excluding carboxylic acids is 1. The van der Waals surface area contributed by atoms with Crippen molar-refractivity contribution in [2.75, 3.05) is 38.5 Å². The molecule has 3 N–H and O–H groups in total. The van der Waals surface area contributed by atoms with Crippen LogP contribution in [0, 0.1) is 0 Å². The summed E-state index contributed by atoms with van der Waals surface area (Å²) >= 11 is 0. The highest BCUT2D eigenvalue weighted by Crippen LogP contribution is 2.32. The van der Waals surface area contributed by atoms with Gasteiger partial charge in [-0.15, -0.1) is 0 Å². The van der Waals surface area contributed by atoms with Crippen LogP contribution in [-0.2, 0) is 0 Å². The van der Waals surface area contributed by atoms with Gasteiger partial charge in [-0.1, -0.05) is 6.07 Å². The first-order valence-electron chi connectivity index (χ1n) is 12.9. The lowest BCUT2D eigenvalue weighted by atomic mass is 10.1. The zero-order valence-electron chi connectivity index (χ0n) is 21.7. The first-order chi connectivity index (χ1) is 19.6. The predicted octanol–water partition coefficient (Wildman–Crippen LogP) is 3.80. The van der Waals surface area contributed by atoms with Crippen molar-refractivity contribution in [2.45, 2.75) is 0 Å². The molecule has 198 valence electrons. The number of nitrogens with zero attached hydrogens (tertiary/aromatic N) is 8. The quantitative estimate of drug-likeness (QED) is 0.312. The molecule has 40 heavy (non-hydrogen) atoms.